The average molecular weight is 352 g/mol. The highest BCUT2D eigenvalue weighted by atomic mass is 16.5. The largest absolute Gasteiger partial charge is 0.504 e. The van der Waals surface area contributed by atoms with Crippen molar-refractivity contribution in [3.63, 3.8) is 0 Å². The van der Waals surface area contributed by atoms with Crippen LogP contribution in [-0.2, 0) is 6.42 Å². The van der Waals surface area contributed by atoms with Gasteiger partial charge in [0.15, 0.2) is 11.5 Å². The molecule has 0 aliphatic rings. The van der Waals surface area contributed by atoms with Gasteiger partial charge >= 0.3 is 5.97 Å². The van der Waals surface area contributed by atoms with E-state index >= 15 is 0 Å². The molecule has 0 aliphatic carbocycles. The summed E-state index contributed by atoms with van der Waals surface area (Å²) in [5, 5.41) is 30.1. The fourth-order valence-electron chi connectivity index (χ4n) is 2.83. The number of carboxylic acid groups (broad SMARTS) is 1. The number of benzene rings is 3. The molecule has 0 saturated heterocycles. The molecule has 0 saturated carbocycles. The quantitative estimate of drug-likeness (QED) is 0.435. The first kappa shape index (κ1) is 17.6. The van der Waals surface area contributed by atoms with Crippen LogP contribution in [0.5, 0.6) is 17.2 Å². The molecule has 0 radical (unpaired) electrons. The Kier molecular flexibility index (Phi) is 5.27. The molecular formula is C21H20O5. The number of rotatable bonds is 7. The van der Waals surface area contributed by atoms with Crippen LogP contribution in [-0.4, -0.2) is 27.9 Å². The summed E-state index contributed by atoms with van der Waals surface area (Å²) in [6.07, 6.45) is 2.26. The predicted molar refractivity (Wildman–Crippen MR) is 99.1 cm³/mol. The monoisotopic (exact) mass is 352 g/mol. The second-order valence-corrected chi connectivity index (χ2v) is 6.12. The number of aromatic carboxylic acids is 1. The molecule has 0 heterocycles. The minimum Gasteiger partial charge on any atom is -0.504 e. The fourth-order valence-corrected chi connectivity index (χ4v) is 2.83. The summed E-state index contributed by atoms with van der Waals surface area (Å²) in [6, 6.07) is 15.6. The standard InChI is InChI=1S/C21H20O5/c22-19-6-3-5-15(20(19)23)4-1-2-11-26-18-10-9-14-7-8-16(21(24)25)12-17(14)13-18/h3,5-10,12-13,22-23H,1-2,4,11H2,(H,24,25). The Labute approximate surface area is 151 Å². The van der Waals surface area contributed by atoms with Crippen molar-refractivity contribution < 1.29 is 24.9 Å². The van der Waals surface area contributed by atoms with Crippen LogP contribution in [0.4, 0.5) is 0 Å². The highest BCUT2D eigenvalue weighted by molar-refractivity contribution is 5.94. The average Bonchev–Trinajstić information content (AvgIpc) is 2.64. The summed E-state index contributed by atoms with van der Waals surface area (Å²) in [4.78, 5) is 11.1. The van der Waals surface area contributed by atoms with Crippen molar-refractivity contribution in [2.75, 3.05) is 6.61 Å². The Balaban J connectivity index is 1.54. The Morgan fingerprint density at radius 1 is 0.923 bits per heavy atom. The van der Waals surface area contributed by atoms with Gasteiger partial charge in [-0.1, -0.05) is 24.3 Å². The molecule has 0 unspecified atom stereocenters. The summed E-state index contributed by atoms with van der Waals surface area (Å²) < 4.78 is 5.75. The third-order valence-corrected chi connectivity index (χ3v) is 4.27. The molecule has 0 amide bonds. The number of phenols is 2. The molecule has 3 rings (SSSR count). The predicted octanol–water partition coefficient (Wildman–Crippen LogP) is 4.35. The highest BCUT2D eigenvalue weighted by Gasteiger charge is 2.06. The van der Waals surface area contributed by atoms with E-state index in [1.54, 1.807) is 30.3 Å². The molecule has 3 aromatic rings. The smallest absolute Gasteiger partial charge is 0.335 e. The minimum absolute atomic E-state index is 0.0582. The van der Waals surface area contributed by atoms with Gasteiger partial charge < -0.3 is 20.1 Å². The van der Waals surface area contributed by atoms with Crippen molar-refractivity contribution in [2.24, 2.45) is 0 Å². The van der Waals surface area contributed by atoms with Crippen LogP contribution in [0.15, 0.2) is 54.6 Å². The van der Waals surface area contributed by atoms with Crippen LogP contribution in [0.25, 0.3) is 10.8 Å². The van der Waals surface area contributed by atoms with Crippen molar-refractivity contribution in [1.82, 2.24) is 0 Å². The normalized spacial score (nSPS) is 10.8. The number of carboxylic acids is 1. The SMILES string of the molecule is O=C(O)c1ccc2ccc(OCCCCc3cccc(O)c3O)cc2c1. The number of aryl methyl sites for hydroxylation is 1. The summed E-state index contributed by atoms with van der Waals surface area (Å²) in [5.41, 5.74) is 0.970. The lowest BCUT2D eigenvalue weighted by molar-refractivity contribution is 0.0697. The maximum atomic E-state index is 11.1. The van der Waals surface area contributed by atoms with Crippen LogP contribution in [0.1, 0.15) is 28.8 Å². The van der Waals surface area contributed by atoms with E-state index in [4.69, 9.17) is 9.84 Å². The Morgan fingerprint density at radius 2 is 1.73 bits per heavy atom. The van der Waals surface area contributed by atoms with E-state index in [2.05, 4.69) is 0 Å². The number of carbonyl (C=O) groups is 1. The van der Waals surface area contributed by atoms with Crippen molar-refractivity contribution in [3.05, 3.63) is 65.7 Å². The molecule has 26 heavy (non-hydrogen) atoms. The number of unbranched alkanes of at least 4 members (excludes halogenated alkanes) is 1. The molecule has 5 nitrogen and oxygen atoms in total. The second-order valence-electron chi connectivity index (χ2n) is 6.12. The number of ether oxygens (including phenoxy) is 1. The van der Waals surface area contributed by atoms with Gasteiger partial charge in [0.05, 0.1) is 12.2 Å². The van der Waals surface area contributed by atoms with Crippen LogP contribution >= 0.6 is 0 Å². The minimum atomic E-state index is -0.951. The van der Waals surface area contributed by atoms with Crippen LogP contribution < -0.4 is 4.74 Å². The number of hydrogen-bond acceptors (Lipinski definition) is 4. The summed E-state index contributed by atoms with van der Waals surface area (Å²) in [5.74, 6) is -0.415. The van der Waals surface area contributed by atoms with Gasteiger partial charge in [-0.15, -0.1) is 0 Å². The zero-order valence-corrected chi connectivity index (χ0v) is 14.2. The van der Waals surface area contributed by atoms with Crippen LogP contribution in [0.2, 0.25) is 0 Å². The molecule has 0 aromatic heterocycles. The lowest BCUT2D eigenvalue weighted by atomic mass is 10.1. The molecule has 5 heteroatoms. The van der Waals surface area contributed by atoms with Crippen molar-refractivity contribution >= 4 is 16.7 Å². The first-order chi connectivity index (χ1) is 12.5. The maximum Gasteiger partial charge on any atom is 0.335 e. The van der Waals surface area contributed by atoms with E-state index in [0.717, 1.165) is 29.2 Å². The van der Waals surface area contributed by atoms with Gasteiger partial charge in [0.25, 0.3) is 0 Å². The number of phenolic OH excluding ortho intramolecular Hbond substituents is 2. The topological polar surface area (TPSA) is 87.0 Å². The number of aromatic hydroxyl groups is 2. The molecule has 3 aromatic carbocycles. The lowest BCUT2D eigenvalue weighted by Crippen LogP contribution is -1.99. The van der Waals surface area contributed by atoms with Gasteiger partial charge in [0, 0.05) is 0 Å². The van der Waals surface area contributed by atoms with Gasteiger partial charge in [0.2, 0.25) is 0 Å². The third-order valence-electron chi connectivity index (χ3n) is 4.27. The molecule has 0 fully saturated rings. The van der Waals surface area contributed by atoms with E-state index in [-0.39, 0.29) is 17.1 Å². The van der Waals surface area contributed by atoms with Gasteiger partial charge in [-0.05, 0) is 65.9 Å². The van der Waals surface area contributed by atoms with Crippen molar-refractivity contribution in [1.29, 1.82) is 0 Å². The Morgan fingerprint density at radius 3 is 2.54 bits per heavy atom. The molecule has 0 bridgehead atoms. The van der Waals surface area contributed by atoms with E-state index < -0.39 is 5.97 Å². The fraction of sp³-hybridized carbons (Fsp3) is 0.190. The summed E-state index contributed by atoms with van der Waals surface area (Å²) in [7, 11) is 0. The summed E-state index contributed by atoms with van der Waals surface area (Å²) >= 11 is 0. The first-order valence-electron chi connectivity index (χ1n) is 8.44. The summed E-state index contributed by atoms with van der Waals surface area (Å²) in [6.45, 7) is 0.518. The number of fused-ring (bicyclic) bond motifs is 1. The van der Waals surface area contributed by atoms with E-state index in [0.29, 0.717) is 18.8 Å². The van der Waals surface area contributed by atoms with E-state index in [1.807, 2.05) is 18.2 Å². The first-order valence-corrected chi connectivity index (χ1v) is 8.44. The zero-order chi connectivity index (χ0) is 18.5. The number of hydrogen-bond donors (Lipinski definition) is 3. The highest BCUT2D eigenvalue weighted by Crippen LogP contribution is 2.29. The third kappa shape index (κ3) is 4.06. The van der Waals surface area contributed by atoms with Crippen LogP contribution in [0.3, 0.4) is 0 Å². The van der Waals surface area contributed by atoms with Gasteiger partial charge in [-0.3, -0.25) is 0 Å². The van der Waals surface area contributed by atoms with E-state index in [1.165, 1.54) is 6.07 Å². The van der Waals surface area contributed by atoms with E-state index in [9.17, 15) is 15.0 Å². The van der Waals surface area contributed by atoms with Gasteiger partial charge in [-0.2, -0.15) is 0 Å². The lowest BCUT2D eigenvalue weighted by Gasteiger charge is -2.09. The molecule has 0 atom stereocenters. The van der Waals surface area contributed by atoms with Crippen molar-refractivity contribution in [3.8, 4) is 17.2 Å². The zero-order valence-electron chi connectivity index (χ0n) is 14.2. The second kappa shape index (κ2) is 7.78. The molecule has 134 valence electrons. The maximum absolute atomic E-state index is 11.1. The Hall–Kier alpha value is -3.21. The molecule has 0 aliphatic heterocycles. The van der Waals surface area contributed by atoms with Gasteiger partial charge in [-0.25, -0.2) is 4.79 Å². The van der Waals surface area contributed by atoms with Gasteiger partial charge in [0.1, 0.15) is 5.75 Å². The molecule has 0 spiro atoms. The number of para-hydroxylation sites is 1. The Bertz CT molecular complexity index is 933. The molecule has 3 N–H and O–H groups in total. The van der Waals surface area contributed by atoms with Crippen LogP contribution in [0, 0.1) is 0 Å². The molecular weight excluding hydrogens is 332 g/mol. The van der Waals surface area contributed by atoms with Crippen molar-refractivity contribution in [2.45, 2.75) is 19.3 Å².